The van der Waals surface area contributed by atoms with Gasteiger partial charge in [0, 0.05) is 24.7 Å². The van der Waals surface area contributed by atoms with Crippen LogP contribution in [-0.4, -0.2) is 42.9 Å². The number of hydrogen-bond acceptors (Lipinski definition) is 4. The summed E-state index contributed by atoms with van der Waals surface area (Å²) in [5.41, 5.74) is 7.31. The highest BCUT2D eigenvalue weighted by atomic mass is 35.5. The van der Waals surface area contributed by atoms with Gasteiger partial charge in [-0.05, 0) is 44.1 Å². The molecule has 0 aromatic heterocycles. The Morgan fingerprint density at radius 1 is 1.36 bits per heavy atom. The lowest BCUT2D eigenvalue weighted by Crippen LogP contribution is -2.39. The Kier molecular flexibility index (Phi) is 10.7. The minimum Gasteiger partial charge on any atom is -0.368 e. The third kappa shape index (κ3) is 6.82. The van der Waals surface area contributed by atoms with Gasteiger partial charge >= 0.3 is 0 Å². The zero-order chi connectivity index (χ0) is 16.8. The number of nitrogens with zero attached hydrogens (tertiary/aromatic N) is 1. The zero-order valence-corrected chi connectivity index (χ0v) is 16.3. The van der Waals surface area contributed by atoms with Gasteiger partial charge in [-0.3, -0.25) is 14.5 Å². The minimum absolute atomic E-state index is 0. The van der Waals surface area contributed by atoms with Crippen molar-refractivity contribution >= 4 is 42.3 Å². The summed E-state index contributed by atoms with van der Waals surface area (Å²) in [4.78, 5) is 25.6. The molecule has 2 unspecified atom stereocenters. The van der Waals surface area contributed by atoms with Gasteiger partial charge < -0.3 is 16.4 Å². The molecule has 0 saturated carbocycles. The molecule has 0 spiro atoms. The molecule has 4 N–H and O–H groups in total. The lowest BCUT2D eigenvalue weighted by Gasteiger charge is -2.22. The summed E-state index contributed by atoms with van der Waals surface area (Å²) in [6, 6.07) is 7.58. The van der Waals surface area contributed by atoms with Crippen LogP contribution in [0.2, 0.25) is 0 Å². The fourth-order valence-electron chi connectivity index (χ4n) is 2.98. The summed E-state index contributed by atoms with van der Waals surface area (Å²) in [6.45, 7) is 4.07. The van der Waals surface area contributed by atoms with Crippen LogP contribution in [0.4, 0.5) is 5.69 Å². The summed E-state index contributed by atoms with van der Waals surface area (Å²) in [5, 5.41) is 5.93. The average Bonchev–Trinajstić information content (AvgIpc) is 2.96. The maximum Gasteiger partial charge on any atom is 0.234 e. The standard InChI is InChI=1S/C17H26N4O2.2ClH/c1-12(10-19-2)17(23)20-14-6-3-5-13(9-14)11-21-8-4-7-15(21)16(18)22;;/h3,5-6,9,12,15,19H,4,7-8,10-11H2,1-2H3,(H2,18,22)(H,20,23);2*1H. The molecule has 142 valence electrons. The van der Waals surface area contributed by atoms with E-state index in [-0.39, 0.29) is 48.6 Å². The van der Waals surface area contributed by atoms with Crippen molar-refractivity contribution in [3.8, 4) is 0 Å². The SMILES string of the molecule is CNCC(C)C(=O)Nc1cccc(CN2CCCC2C(N)=O)c1.Cl.Cl. The second kappa shape index (κ2) is 11.3. The van der Waals surface area contributed by atoms with Crippen LogP contribution < -0.4 is 16.4 Å². The van der Waals surface area contributed by atoms with Crippen molar-refractivity contribution in [2.45, 2.75) is 32.4 Å². The van der Waals surface area contributed by atoms with E-state index in [1.165, 1.54) is 0 Å². The quantitative estimate of drug-likeness (QED) is 0.661. The molecule has 1 saturated heterocycles. The number of amides is 2. The van der Waals surface area contributed by atoms with Gasteiger partial charge in [-0.2, -0.15) is 0 Å². The fraction of sp³-hybridized carbons (Fsp3) is 0.529. The Labute approximate surface area is 161 Å². The van der Waals surface area contributed by atoms with E-state index in [9.17, 15) is 9.59 Å². The van der Waals surface area contributed by atoms with Gasteiger partial charge in [0.25, 0.3) is 0 Å². The van der Waals surface area contributed by atoms with Gasteiger partial charge in [-0.1, -0.05) is 19.1 Å². The van der Waals surface area contributed by atoms with Crippen LogP contribution in [-0.2, 0) is 16.1 Å². The van der Waals surface area contributed by atoms with Crippen LogP contribution in [0, 0.1) is 5.92 Å². The van der Waals surface area contributed by atoms with Crippen LogP contribution >= 0.6 is 24.8 Å². The monoisotopic (exact) mass is 390 g/mol. The average molecular weight is 391 g/mol. The van der Waals surface area contributed by atoms with Gasteiger partial charge in [0.05, 0.1) is 6.04 Å². The lowest BCUT2D eigenvalue weighted by molar-refractivity contribution is -0.122. The largest absolute Gasteiger partial charge is 0.368 e. The predicted molar refractivity (Wildman–Crippen MR) is 105 cm³/mol. The van der Waals surface area contributed by atoms with Crippen LogP contribution in [0.15, 0.2) is 24.3 Å². The number of hydrogen-bond donors (Lipinski definition) is 3. The Morgan fingerprint density at radius 2 is 2.08 bits per heavy atom. The molecule has 1 aliphatic rings. The number of carbonyl (C=O) groups is 2. The van der Waals surface area contributed by atoms with Gasteiger partial charge in [0.1, 0.15) is 0 Å². The van der Waals surface area contributed by atoms with Crippen LogP contribution in [0.5, 0.6) is 0 Å². The van der Waals surface area contributed by atoms with Gasteiger partial charge in [-0.15, -0.1) is 24.8 Å². The Morgan fingerprint density at radius 3 is 2.72 bits per heavy atom. The van der Waals surface area contributed by atoms with E-state index >= 15 is 0 Å². The number of carbonyl (C=O) groups excluding carboxylic acids is 2. The second-order valence-corrected chi connectivity index (χ2v) is 6.18. The number of likely N-dealkylation sites (tertiary alicyclic amines) is 1. The first kappa shape index (κ1) is 23.7. The number of benzene rings is 1. The number of rotatable bonds is 7. The maximum absolute atomic E-state index is 12.1. The normalized spacial score (nSPS) is 17.9. The van der Waals surface area contributed by atoms with Crippen molar-refractivity contribution in [3.63, 3.8) is 0 Å². The highest BCUT2D eigenvalue weighted by Gasteiger charge is 2.28. The van der Waals surface area contributed by atoms with Crippen LogP contribution in [0.3, 0.4) is 0 Å². The Bertz CT molecular complexity index is 571. The molecule has 1 aliphatic heterocycles. The number of halogens is 2. The second-order valence-electron chi connectivity index (χ2n) is 6.18. The highest BCUT2D eigenvalue weighted by molar-refractivity contribution is 5.92. The maximum atomic E-state index is 12.1. The van der Waals surface area contributed by atoms with Crippen molar-refractivity contribution in [1.82, 2.24) is 10.2 Å². The van der Waals surface area contributed by atoms with Crippen LogP contribution in [0.25, 0.3) is 0 Å². The van der Waals surface area contributed by atoms with Crippen LogP contribution in [0.1, 0.15) is 25.3 Å². The Balaban J connectivity index is 0.00000288. The first-order chi connectivity index (χ1) is 11.0. The van der Waals surface area contributed by atoms with Gasteiger partial charge in [0.15, 0.2) is 0 Å². The predicted octanol–water partition coefficient (Wildman–Crippen LogP) is 1.77. The molecule has 0 bridgehead atoms. The summed E-state index contributed by atoms with van der Waals surface area (Å²) >= 11 is 0. The highest BCUT2D eigenvalue weighted by Crippen LogP contribution is 2.21. The summed E-state index contributed by atoms with van der Waals surface area (Å²) < 4.78 is 0. The molecule has 2 rings (SSSR count). The Hall–Kier alpha value is -1.34. The van der Waals surface area contributed by atoms with Gasteiger partial charge in [0.2, 0.25) is 11.8 Å². The van der Waals surface area contributed by atoms with E-state index in [0.717, 1.165) is 30.6 Å². The van der Waals surface area contributed by atoms with E-state index in [2.05, 4.69) is 15.5 Å². The number of nitrogens with one attached hydrogen (secondary N) is 2. The van der Waals surface area contributed by atoms with Crippen molar-refractivity contribution in [2.75, 3.05) is 25.5 Å². The molecule has 1 aromatic carbocycles. The van der Waals surface area contributed by atoms with Crippen molar-refractivity contribution in [3.05, 3.63) is 29.8 Å². The first-order valence-electron chi connectivity index (χ1n) is 8.09. The topological polar surface area (TPSA) is 87.5 Å². The van der Waals surface area contributed by atoms with Crippen molar-refractivity contribution in [2.24, 2.45) is 11.7 Å². The number of nitrogens with two attached hydrogens (primary N) is 1. The van der Waals surface area contributed by atoms with Gasteiger partial charge in [-0.25, -0.2) is 0 Å². The molecule has 2 amide bonds. The molecule has 25 heavy (non-hydrogen) atoms. The minimum atomic E-state index is -0.257. The fourth-order valence-corrected chi connectivity index (χ4v) is 2.98. The van der Waals surface area contributed by atoms with E-state index in [1.54, 1.807) is 0 Å². The molecule has 1 heterocycles. The van der Waals surface area contributed by atoms with E-state index < -0.39 is 0 Å². The number of anilines is 1. The van der Waals surface area contributed by atoms with E-state index in [0.29, 0.717) is 13.1 Å². The zero-order valence-electron chi connectivity index (χ0n) is 14.7. The molecular weight excluding hydrogens is 363 g/mol. The first-order valence-corrected chi connectivity index (χ1v) is 8.09. The third-order valence-electron chi connectivity index (χ3n) is 4.23. The van der Waals surface area contributed by atoms with E-state index in [1.807, 2.05) is 38.2 Å². The number of primary amides is 1. The molecule has 6 nitrogen and oxygen atoms in total. The van der Waals surface area contributed by atoms with Crippen molar-refractivity contribution in [1.29, 1.82) is 0 Å². The molecule has 0 aliphatic carbocycles. The lowest BCUT2D eigenvalue weighted by atomic mass is 10.1. The molecule has 1 aromatic rings. The summed E-state index contributed by atoms with van der Waals surface area (Å²) in [5.74, 6) is -0.359. The smallest absolute Gasteiger partial charge is 0.234 e. The molecule has 1 fully saturated rings. The van der Waals surface area contributed by atoms with E-state index in [4.69, 9.17) is 5.73 Å². The molecule has 8 heteroatoms. The molecule has 0 radical (unpaired) electrons. The summed E-state index contributed by atoms with van der Waals surface area (Å²) in [6.07, 6.45) is 1.82. The van der Waals surface area contributed by atoms with Crippen molar-refractivity contribution < 1.29 is 9.59 Å². The molecule has 2 atom stereocenters. The molecular formula is C17H28Cl2N4O2. The summed E-state index contributed by atoms with van der Waals surface area (Å²) in [7, 11) is 1.83. The third-order valence-corrected chi connectivity index (χ3v) is 4.23.